The molecular weight excluding hydrogens is 404 g/mol. The molecule has 0 aliphatic rings. The van der Waals surface area contributed by atoms with E-state index in [1.807, 2.05) is 6.07 Å². The highest BCUT2D eigenvalue weighted by Crippen LogP contribution is 2.24. The van der Waals surface area contributed by atoms with Gasteiger partial charge in [0.05, 0.1) is 0 Å². The zero-order valence-electron chi connectivity index (χ0n) is 22.3. The average Bonchev–Trinajstić information content (AvgIpc) is 2.76. The minimum atomic E-state index is 0.307. The van der Waals surface area contributed by atoms with Gasteiger partial charge < -0.3 is 9.84 Å². The van der Waals surface area contributed by atoms with Crippen LogP contribution in [-0.2, 0) is 6.42 Å². The van der Waals surface area contributed by atoms with Crippen LogP contribution in [0.5, 0.6) is 11.5 Å². The first kappa shape index (κ1) is 29.3. The number of ether oxygens (including phenoxy) is 1. The minimum Gasteiger partial charge on any atom is -0.508 e. The summed E-state index contributed by atoms with van der Waals surface area (Å²) in [6.07, 6.45) is 25.4. The molecule has 0 amide bonds. The Morgan fingerprint density at radius 2 is 1.33 bits per heavy atom. The van der Waals surface area contributed by atoms with Crippen molar-refractivity contribution in [3.05, 3.63) is 47.1 Å². The van der Waals surface area contributed by atoms with E-state index in [2.05, 4.69) is 45.9 Å². The molecule has 1 aromatic carbocycles. The van der Waals surface area contributed by atoms with E-state index in [0.29, 0.717) is 12.4 Å². The smallest absolute Gasteiger partial charge is 0.123 e. The normalized spacial score (nSPS) is 11.6. The molecule has 0 aromatic heterocycles. The van der Waals surface area contributed by atoms with Crippen LogP contribution in [-0.4, -0.2) is 11.7 Å². The first-order chi connectivity index (χ1) is 16.0. The van der Waals surface area contributed by atoms with Crippen LogP contribution in [0.15, 0.2) is 41.5 Å². The van der Waals surface area contributed by atoms with Crippen LogP contribution in [0.3, 0.4) is 0 Å². The van der Waals surface area contributed by atoms with Crippen molar-refractivity contribution in [3.63, 3.8) is 0 Å². The molecule has 2 nitrogen and oxygen atoms in total. The van der Waals surface area contributed by atoms with Crippen LogP contribution in [0.2, 0.25) is 0 Å². The molecule has 0 radical (unpaired) electrons. The first-order valence-electron chi connectivity index (χ1n) is 13.8. The van der Waals surface area contributed by atoms with E-state index in [1.54, 1.807) is 6.07 Å². The lowest BCUT2D eigenvalue weighted by atomic mass is 10.0. The van der Waals surface area contributed by atoms with E-state index in [1.165, 1.54) is 100 Å². The Balaban J connectivity index is 2.15. The molecule has 0 aliphatic heterocycles. The molecule has 0 spiro atoms. The maximum absolute atomic E-state index is 10.1. The van der Waals surface area contributed by atoms with Crippen molar-refractivity contribution < 1.29 is 9.84 Å². The highest BCUT2D eigenvalue weighted by atomic mass is 16.5. The van der Waals surface area contributed by atoms with Crippen LogP contribution in [0, 0.1) is 0 Å². The summed E-state index contributed by atoms with van der Waals surface area (Å²) in [6, 6.07) is 5.69. The molecule has 0 atom stereocenters. The van der Waals surface area contributed by atoms with Crippen molar-refractivity contribution >= 4 is 0 Å². The maximum atomic E-state index is 10.1. The summed E-state index contributed by atoms with van der Waals surface area (Å²) in [7, 11) is 0. The summed E-state index contributed by atoms with van der Waals surface area (Å²) in [6.45, 7) is 9.27. The van der Waals surface area contributed by atoms with Gasteiger partial charge in [0.2, 0.25) is 0 Å². The summed E-state index contributed by atoms with van der Waals surface area (Å²) in [5, 5.41) is 10.1. The molecule has 2 heteroatoms. The molecule has 0 saturated heterocycles. The lowest BCUT2D eigenvalue weighted by Gasteiger charge is -2.09. The van der Waals surface area contributed by atoms with E-state index < -0.39 is 0 Å². The van der Waals surface area contributed by atoms with Gasteiger partial charge in [0.1, 0.15) is 18.1 Å². The first-order valence-corrected chi connectivity index (χ1v) is 13.8. The number of benzene rings is 1. The number of aromatic hydroxyl groups is 1. The highest BCUT2D eigenvalue weighted by Gasteiger charge is 2.02. The molecule has 0 saturated carbocycles. The van der Waals surface area contributed by atoms with Gasteiger partial charge in [0.15, 0.2) is 0 Å². The quantitative estimate of drug-likeness (QED) is 0.156. The predicted octanol–water partition coefficient (Wildman–Crippen LogP) is 10.1. The highest BCUT2D eigenvalue weighted by molar-refractivity contribution is 5.37. The fourth-order valence-corrected chi connectivity index (χ4v) is 4.19. The average molecular weight is 457 g/mol. The van der Waals surface area contributed by atoms with E-state index in [0.717, 1.165) is 25.0 Å². The SMILES string of the molecule is CCCCCCCCCCCCCCCc1cc(O)cc(OC/C=C(\C)CCC=C(C)C)c1. The van der Waals surface area contributed by atoms with E-state index in [4.69, 9.17) is 4.74 Å². The number of rotatable bonds is 20. The molecule has 33 heavy (non-hydrogen) atoms. The van der Waals surface area contributed by atoms with Crippen LogP contribution in [0.1, 0.15) is 130 Å². The zero-order chi connectivity index (χ0) is 24.2. The Morgan fingerprint density at radius 1 is 0.758 bits per heavy atom. The Hall–Kier alpha value is -1.70. The van der Waals surface area contributed by atoms with Crippen LogP contribution < -0.4 is 4.74 Å². The van der Waals surface area contributed by atoms with Crippen molar-refractivity contribution in [2.45, 2.75) is 130 Å². The summed E-state index contributed by atoms with van der Waals surface area (Å²) >= 11 is 0. The molecule has 0 heterocycles. The third-order valence-electron chi connectivity index (χ3n) is 6.29. The number of hydrogen-bond donors (Lipinski definition) is 1. The fraction of sp³-hybridized carbons (Fsp3) is 0.677. The topological polar surface area (TPSA) is 29.5 Å². The number of hydrogen-bond acceptors (Lipinski definition) is 2. The van der Waals surface area contributed by atoms with Crippen molar-refractivity contribution in [2.75, 3.05) is 6.61 Å². The van der Waals surface area contributed by atoms with Gasteiger partial charge in [0.25, 0.3) is 0 Å². The van der Waals surface area contributed by atoms with Gasteiger partial charge in [-0.25, -0.2) is 0 Å². The van der Waals surface area contributed by atoms with Crippen LogP contribution >= 0.6 is 0 Å². The van der Waals surface area contributed by atoms with E-state index in [9.17, 15) is 5.11 Å². The summed E-state index contributed by atoms with van der Waals surface area (Å²) in [5.74, 6) is 1.08. The van der Waals surface area contributed by atoms with Gasteiger partial charge in [-0.3, -0.25) is 0 Å². The fourth-order valence-electron chi connectivity index (χ4n) is 4.19. The molecule has 0 fully saturated rings. The molecule has 0 unspecified atom stereocenters. The zero-order valence-corrected chi connectivity index (χ0v) is 22.3. The second-order valence-corrected chi connectivity index (χ2v) is 10.0. The standard InChI is InChI=1S/C31H52O2/c1-5-6-7-8-9-10-11-12-13-14-15-16-17-21-29-24-30(32)26-31(25-29)33-23-22-28(4)20-18-19-27(2)3/h19,22,24-26,32H,5-18,20-21,23H2,1-4H3/b28-22+. The summed E-state index contributed by atoms with van der Waals surface area (Å²) in [4.78, 5) is 0. The van der Waals surface area contributed by atoms with Crippen molar-refractivity contribution in [2.24, 2.45) is 0 Å². The largest absolute Gasteiger partial charge is 0.508 e. The minimum absolute atomic E-state index is 0.307. The van der Waals surface area contributed by atoms with Gasteiger partial charge in [-0.05, 0) is 70.2 Å². The summed E-state index contributed by atoms with van der Waals surface area (Å²) in [5.41, 5.74) is 3.90. The Kier molecular flexibility index (Phi) is 17.5. The Labute approximate surface area is 205 Å². The molecule has 0 aliphatic carbocycles. The van der Waals surface area contributed by atoms with Crippen LogP contribution in [0.25, 0.3) is 0 Å². The van der Waals surface area contributed by atoms with Gasteiger partial charge in [0, 0.05) is 6.07 Å². The van der Waals surface area contributed by atoms with E-state index in [-0.39, 0.29) is 0 Å². The number of phenolic OH excluding ortho intramolecular Hbond substituents is 1. The predicted molar refractivity (Wildman–Crippen MR) is 145 cm³/mol. The molecular formula is C31H52O2. The second kappa shape index (κ2) is 19.7. The van der Waals surface area contributed by atoms with Gasteiger partial charge >= 0.3 is 0 Å². The number of allylic oxidation sites excluding steroid dienone is 3. The van der Waals surface area contributed by atoms with Crippen molar-refractivity contribution in [3.8, 4) is 11.5 Å². The molecule has 0 bridgehead atoms. The third-order valence-corrected chi connectivity index (χ3v) is 6.29. The lowest BCUT2D eigenvalue weighted by Crippen LogP contribution is -1.96. The van der Waals surface area contributed by atoms with Gasteiger partial charge in [-0.15, -0.1) is 0 Å². The molecule has 188 valence electrons. The molecule has 1 rings (SSSR count). The third kappa shape index (κ3) is 17.4. The van der Waals surface area contributed by atoms with Crippen molar-refractivity contribution in [1.29, 1.82) is 0 Å². The monoisotopic (exact) mass is 456 g/mol. The van der Waals surface area contributed by atoms with Crippen molar-refractivity contribution in [1.82, 2.24) is 0 Å². The summed E-state index contributed by atoms with van der Waals surface area (Å²) < 4.78 is 5.89. The molecule has 1 aromatic rings. The second-order valence-electron chi connectivity index (χ2n) is 10.0. The van der Waals surface area contributed by atoms with Gasteiger partial charge in [-0.2, -0.15) is 0 Å². The van der Waals surface area contributed by atoms with E-state index >= 15 is 0 Å². The Morgan fingerprint density at radius 3 is 1.91 bits per heavy atom. The van der Waals surface area contributed by atoms with Crippen LogP contribution in [0.4, 0.5) is 0 Å². The number of aryl methyl sites for hydroxylation is 1. The molecule has 1 N–H and O–H groups in total. The Bertz CT molecular complexity index is 668. The lowest BCUT2D eigenvalue weighted by molar-refractivity contribution is 0.357. The maximum Gasteiger partial charge on any atom is 0.123 e. The number of phenols is 1. The number of unbranched alkanes of at least 4 members (excludes halogenated alkanes) is 12. The van der Waals surface area contributed by atoms with Gasteiger partial charge in [-0.1, -0.05) is 101 Å².